The topological polar surface area (TPSA) is 175 Å². The zero-order chi connectivity index (χ0) is 25.1. The van der Waals surface area contributed by atoms with Crippen molar-refractivity contribution >= 4 is 45.0 Å². The quantitative estimate of drug-likeness (QED) is 0.132. The first-order valence-corrected chi connectivity index (χ1v) is 12.2. The zero-order valence-corrected chi connectivity index (χ0v) is 20.1. The predicted molar refractivity (Wildman–Crippen MR) is 134 cm³/mol. The van der Waals surface area contributed by atoms with Crippen molar-refractivity contribution < 1.29 is 17.7 Å². The van der Waals surface area contributed by atoms with E-state index >= 15 is 0 Å². The molecule has 3 aromatic rings. The molecule has 0 fully saturated rings. The molecule has 3 rings (SSSR count). The number of benzene rings is 2. The van der Waals surface area contributed by atoms with E-state index in [4.69, 9.17) is 9.29 Å². The molecule has 1 heterocycles. The van der Waals surface area contributed by atoms with Crippen LogP contribution in [0.5, 0.6) is 5.75 Å². The van der Waals surface area contributed by atoms with Gasteiger partial charge in [-0.05, 0) is 31.3 Å². The predicted octanol–water partition coefficient (Wildman–Crippen LogP) is 2.97. The number of ether oxygens (including phenoxy) is 1. The summed E-state index contributed by atoms with van der Waals surface area (Å²) in [6.45, 7) is 1.14. The van der Waals surface area contributed by atoms with Crippen molar-refractivity contribution in [1.82, 2.24) is 20.3 Å². The van der Waals surface area contributed by atoms with Crippen LogP contribution >= 0.6 is 0 Å². The minimum absolute atomic E-state index is 0.0807. The lowest BCUT2D eigenvalue weighted by atomic mass is 10.2. The van der Waals surface area contributed by atoms with Crippen molar-refractivity contribution in [1.29, 1.82) is 0 Å². The number of nitrogens with one attached hydrogen (secondary N) is 4. The molecule has 0 aliphatic heterocycles. The monoisotopic (exact) mass is 501 g/mol. The summed E-state index contributed by atoms with van der Waals surface area (Å²) in [7, 11) is -0.777. The lowest BCUT2D eigenvalue weighted by Crippen LogP contribution is -2.20. The van der Waals surface area contributed by atoms with Crippen molar-refractivity contribution in [2.75, 3.05) is 55.5 Å². The summed E-state index contributed by atoms with van der Waals surface area (Å²) < 4.78 is 36.4. The molecular weight excluding hydrogens is 474 g/mol. The second kappa shape index (κ2) is 12.5. The molecule has 0 aliphatic rings. The first-order chi connectivity index (χ1) is 16.9. The SMILES string of the molecule is CNCCNc1nc(NCCS(=O)(=O)O)nc(Nc2ccc(N=Nc3ccccc3)cc2OC)n1. The van der Waals surface area contributed by atoms with Crippen LogP contribution in [0, 0.1) is 0 Å². The van der Waals surface area contributed by atoms with Crippen LogP contribution in [0.1, 0.15) is 0 Å². The van der Waals surface area contributed by atoms with E-state index in [1.807, 2.05) is 37.4 Å². The molecule has 2 aromatic carbocycles. The maximum Gasteiger partial charge on any atom is 0.266 e. The van der Waals surface area contributed by atoms with E-state index in [-0.39, 0.29) is 24.4 Å². The van der Waals surface area contributed by atoms with Gasteiger partial charge in [0.15, 0.2) is 0 Å². The molecule has 14 heteroatoms. The highest BCUT2D eigenvalue weighted by Crippen LogP contribution is 2.32. The van der Waals surface area contributed by atoms with Gasteiger partial charge < -0.3 is 26.0 Å². The average Bonchev–Trinajstić information content (AvgIpc) is 2.83. The highest BCUT2D eigenvalue weighted by atomic mass is 32.2. The van der Waals surface area contributed by atoms with E-state index in [1.54, 1.807) is 18.2 Å². The Kier molecular flexibility index (Phi) is 9.23. The van der Waals surface area contributed by atoms with Crippen LogP contribution in [0.2, 0.25) is 0 Å². The van der Waals surface area contributed by atoms with E-state index < -0.39 is 15.9 Å². The van der Waals surface area contributed by atoms with Gasteiger partial charge in [-0.15, -0.1) is 0 Å². The molecule has 5 N–H and O–H groups in total. The number of aromatic nitrogens is 3. The zero-order valence-electron chi connectivity index (χ0n) is 19.3. The summed E-state index contributed by atoms with van der Waals surface area (Å²) in [6, 6.07) is 14.6. The van der Waals surface area contributed by atoms with Gasteiger partial charge in [-0.1, -0.05) is 18.2 Å². The largest absolute Gasteiger partial charge is 0.494 e. The van der Waals surface area contributed by atoms with Crippen molar-refractivity contribution in [3.63, 3.8) is 0 Å². The van der Waals surface area contributed by atoms with E-state index in [1.165, 1.54) is 7.11 Å². The van der Waals surface area contributed by atoms with Crippen molar-refractivity contribution in [3.8, 4) is 5.75 Å². The fourth-order valence-electron chi connectivity index (χ4n) is 2.76. The second-order valence-electron chi connectivity index (χ2n) is 7.09. The molecule has 0 aliphatic carbocycles. The van der Waals surface area contributed by atoms with Crippen molar-refractivity contribution in [3.05, 3.63) is 48.5 Å². The fraction of sp³-hybridized carbons (Fsp3) is 0.286. The van der Waals surface area contributed by atoms with E-state index in [0.717, 1.165) is 5.69 Å². The minimum Gasteiger partial charge on any atom is -0.494 e. The molecule has 1 aromatic heterocycles. The third-order valence-electron chi connectivity index (χ3n) is 4.41. The van der Waals surface area contributed by atoms with Gasteiger partial charge in [0.05, 0.1) is 29.9 Å². The first kappa shape index (κ1) is 25.7. The molecule has 0 atom stereocenters. The standard InChI is InChI=1S/C21H27N9O4S/c1-22-10-11-23-19-26-20(24-12-13-35(31,32)33)28-21(27-19)25-17-9-8-16(14-18(17)34-2)30-29-15-6-4-3-5-7-15/h3-9,14,22H,10-13H2,1-2H3,(H,31,32,33)(H3,23,24,25,26,27,28). The Morgan fingerprint density at radius 1 is 0.886 bits per heavy atom. The van der Waals surface area contributed by atoms with Gasteiger partial charge in [0, 0.05) is 25.7 Å². The van der Waals surface area contributed by atoms with Crippen LogP contribution in [0.4, 0.5) is 34.9 Å². The third kappa shape index (κ3) is 8.77. The lowest BCUT2D eigenvalue weighted by Gasteiger charge is -2.13. The van der Waals surface area contributed by atoms with Gasteiger partial charge in [0.25, 0.3) is 10.1 Å². The number of nitrogens with zero attached hydrogens (tertiary/aromatic N) is 5. The Bertz CT molecular complexity index is 1240. The summed E-state index contributed by atoms with van der Waals surface area (Å²) >= 11 is 0. The van der Waals surface area contributed by atoms with E-state index in [0.29, 0.717) is 30.2 Å². The number of azo groups is 1. The van der Waals surface area contributed by atoms with Crippen LogP contribution in [0.3, 0.4) is 0 Å². The Labute approximate surface area is 203 Å². The third-order valence-corrected chi connectivity index (χ3v) is 5.13. The summed E-state index contributed by atoms with van der Waals surface area (Å²) in [5.41, 5.74) is 1.89. The molecular formula is C21H27N9O4S. The first-order valence-electron chi connectivity index (χ1n) is 10.6. The Balaban J connectivity index is 1.80. The summed E-state index contributed by atoms with van der Waals surface area (Å²) in [5, 5.41) is 20.4. The van der Waals surface area contributed by atoms with E-state index in [2.05, 4.69) is 46.4 Å². The second-order valence-corrected chi connectivity index (χ2v) is 8.67. The van der Waals surface area contributed by atoms with Gasteiger partial charge in [-0.25, -0.2) is 0 Å². The summed E-state index contributed by atoms with van der Waals surface area (Å²) in [5.74, 6) is 0.597. The molecule has 0 spiro atoms. The Hall–Kier alpha value is -3.88. The number of likely N-dealkylation sites (N-methyl/N-ethyl adjacent to an activating group) is 1. The van der Waals surface area contributed by atoms with Gasteiger partial charge in [0.1, 0.15) is 5.75 Å². The Morgan fingerprint density at radius 3 is 2.20 bits per heavy atom. The number of hydrogen-bond acceptors (Lipinski definition) is 12. The average molecular weight is 502 g/mol. The van der Waals surface area contributed by atoms with Gasteiger partial charge >= 0.3 is 0 Å². The van der Waals surface area contributed by atoms with Crippen LogP contribution in [0.15, 0.2) is 58.8 Å². The van der Waals surface area contributed by atoms with Crippen molar-refractivity contribution in [2.24, 2.45) is 10.2 Å². The molecule has 0 bridgehead atoms. The summed E-state index contributed by atoms with van der Waals surface area (Å²) in [6.07, 6.45) is 0. The minimum atomic E-state index is -4.12. The smallest absolute Gasteiger partial charge is 0.266 e. The van der Waals surface area contributed by atoms with Gasteiger partial charge in [-0.2, -0.15) is 33.6 Å². The Morgan fingerprint density at radius 2 is 1.54 bits per heavy atom. The van der Waals surface area contributed by atoms with Crippen LogP contribution in [0.25, 0.3) is 0 Å². The van der Waals surface area contributed by atoms with Gasteiger partial charge in [0.2, 0.25) is 17.8 Å². The molecule has 0 saturated heterocycles. The van der Waals surface area contributed by atoms with Crippen LogP contribution in [-0.4, -0.2) is 67.5 Å². The highest BCUT2D eigenvalue weighted by Gasteiger charge is 2.11. The van der Waals surface area contributed by atoms with Crippen LogP contribution in [-0.2, 0) is 10.1 Å². The highest BCUT2D eigenvalue weighted by molar-refractivity contribution is 7.85. The molecule has 186 valence electrons. The lowest BCUT2D eigenvalue weighted by molar-refractivity contribution is 0.417. The normalized spacial score (nSPS) is 11.4. The number of anilines is 4. The van der Waals surface area contributed by atoms with Gasteiger partial charge in [-0.3, -0.25) is 4.55 Å². The number of hydrogen-bond donors (Lipinski definition) is 5. The molecule has 35 heavy (non-hydrogen) atoms. The molecule has 13 nitrogen and oxygen atoms in total. The van der Waals surface area contributed by atoms with Crippen molar-refractivity contribution in [2.45, 2.75) is 0 Å². The summed E-state index contributed by atoms with van der Waals surface area (Å²) in [4.78, 5) is 12.9. The maximum absolute atomic E-state index is 11.0. The maximum atomic E-state index is 11.0. The fourth-order valence-corrected chi connectivity index (χ4v) is 3.12. The molecule has 0 unspecified atom stereocenters. The number of methoxy groups -OCH3 is 1. The molecule has 0 saturated carbocycles. The van der Waals surface area contributed by atoms with Crippen LogP contribution < -0.4 is 26.0 Å². The van der Waals surface area contributed by atoms with E-state index in [9.17, 15) is 8.42 Å². The number of rotatable bonds is 13. The molecule has 0 amide bonds. The molecule has 0 radical (unpaired) electrons.